The number of nitrogens with zero attached hydrogens (tertiary/aromatic N) is 4. The Morgan fingerprint density at radius 1 is 1.19 bits per heavy atom. The Hall–Kier alpha value is -2.96. The molecule has 26 heavy (non-hydrogen) atoms. The van der Waals surface area contributed by atoms with Crippen LogP contribution in [0.4, 0.5) is 0 Å². The molecule has 1 N–H and O–H groups in total. The van der Waals surface area contributed by atoms with E-state index >= 15 is 0 Å². The molecule has 1 amide bonds. The number of rotatable bonds is 3. The highest BCUT2D eigenvalue weighted by Gasteiger charge is 2.25. The number of hydrogen-bond donors (Lipinski definition) is 1. The van der Waals surface area contributed by atoms with E-state index in [9.17, 15) is 9.59 Å². The van der Waals surface area contributed by atoms with E-state index in [0.29, 0.717) is 24.7 Å². The minimum atomic E-state index is -0.303. The summed E-state index contributed by atoms with van der Waals surface area (Å²) in [6.07, 6.45) is 1.89. The van der Waals surface area contributed by atoms with Gasteiger partial charge in [-0.05, 0) is 43.9 Å². The van der Waals surface area contributed by atoms with Crippen LogP contribution in [-0.4, -0.2) is 43.6 Å². The van der Waals surface area contributed by atoms with Crippen molar-refractivity contribution in [2.75, 3.05) is 13.1 Å². The molecule has 2 aromatic heterocycles. The zero-order valence-electron chi connectivity index (χ0n) is 14.7. The number of aromatic amines is 1. The number of aryl methyl sites for hydroxylation is 1. The van der Waals surface area contributed by atoms with Crippen molar-refractivity contribution >= 4 is 16.9 Å². The third-order valence-corrected chi connectivity index (χ3v) is 5.09. The summed E-state index contributed by atoms with van der Waals surface area (Å²) < 4.78 is 2.28. The summed E-state index contributed by atoms with van der Waals surface area (Å²) in [5.41, 5.74) is 2.19. The van der Waals surface area contributed by atoms with Gasteiger partial charge in [0.1, 0.15) is 11.5 Å². The molecule has 1 saturated heterocycles. The van der Waals surface area contributed by atoms with Crippen LogP contribution in [-0.2, 0) is 6.54 Å². The predicted octanol–water partition coefficient (Wildman–Crippen LogP) is 1.98. The fraction of sp³-hybridized carbons (Fsp3) is 0.368. The third-order valence-electron chi connectivity index (χ3n) is 5.09. The molecule has 1 aliphatic rings. The van der Waals surface area contributed by atoms with Gasteiger partial charge in [-0.25, -0.2) is 10.1 Å². The molecule has 0 spiro atoms. The fourth-order valence-corrected chi connectivity index (χ4v) is 3.63. The highest BCUT2D eigenvalue weighted by Crippen LogP contribution is 2.24. The van der Waals surface area contributed by atoms with Gasteiger partial charge in [-0.3, -0.25) is 9.59 Å². The summed E-state index contributed by atoms with van der Waals surface area (Å²) in [7, 11) is 0. The van der Waals surface area contributed by atoms with Gasteiger partial charge in [0.2, 0.25) is 0 Å². The maximum atomic E-state index is 12.5. The highest BCUT2D eigenvalue weighted by atomic mass is 16.2. The van der Waals surface area contributed by atoms with E-state index in [4.69, 9.17) is 0 Å². The molecular formula is C19H21N5O2. The maximum absolute atomic E-state index is 12.5. The summed E-state index contributed by atoms with van der Waals surface area (Å²) in [5.74, 6) is 1.42. The van der Waals surface area contributed by atoms with Crippen molar-refractivity contribution in [3.05, 3.63) is 58.3 Å². The second-order valence-electron chi connectivity index (χ2n) is 6.80. The molecule has 0 saturated carbocycles. The number of benzene rings is 1. The van der Waals surface area contributed by atoms with Crippen LogP contribution in [0.2, 0.25) is 0 Å². The van der Waals surface area contributed by atoms with Gasteiger partial charge in [0.05, 0.1) is 11.0 Å². The molecule has 0 radical (unpaired) electrons. The Morgan fingerprint density at radius 3 is 2.69 bits per heavy atom. The molecule has 134 valence electrons. The topological polar surface area (TPSA) is 83.9 Å². The van der Waals surface area contributed by atoms with E-state index < -0.39 is 0 Å². The van der Waals surface area contributed by atoms with Gasteiger partial charge in [-0.15, -0.1) is 0 Å². The molecule has 3 aromatic rings. The number of amides is 1. The van der Waals surface area contributed by atoms with E-state index in [1.54, 1.807) is 0 Å². The Labute approximate surface area is 150 Å². The van der Waals surface area contributed by atoms with E-state index in [0.717, 1.165) is 30.7 Å². The molecule has 0 atom stereocenters. The molecule has 0 bridgehead atoms. The lowest BCUT2D eigenvalue weighted by Gasteiger charge is -2.32. The van der Waals surface area contributed by atoms with Crippen LogP contribution in [0.3, 0.4) is 0 Å². The van der Waals surface area contributed by atoms with Crippen LogP contribution in [0, 0.1) is 12.8 Å². The smallest absolute Gasteiger partial charge is 0.274 e. The quantitative estimate of drug-likeness (QED) is 0.782. The van der Waals surface area contributed by atoms with Crippen LogP contribution in [0.15, 0.2) is 41.2 Å². The Bertz CT molecular complexity index is 978. The molecule has 1 fully saturated rings. The van der Waals surface area contributed by atoms with Crippen molar-refractivity contribution in [3.63, 3.8) is 0 Å². The second-order valence-corrected chi connectivity index (χ2v) is 6.80. The monoisotopic (exact) mass is 351 g/mol. The number of carbonyl (C=O) groups excluding carboxylic acids is 1. The number of aromatic nitrogens is 4. The molecule has 1 aliphatic heterocycles. The number of imidazole rings is 1. The van der Waals surface area contributed by atoms with Crippen molar-refractivity contribution in [2.45, 2.75) is 26.3 Å². The van der Waals surface area contributed by atoms with Crippen molar-refractivity contribution < 1.29 is 4.79 Å². The van der Waals surface area contributed by atoms with Crippen LogP contribution in [0.25, 0.3) is 11.0 Å². The largest absolute Gasteiger partial charge is 0.337 e. The summed E-state index contributed by atoms with van der Waals surface area (Å²) in [6.45, 7) is 4.37. The molecule has 3 heterocycles. The molecule has 7 nitrogen and oxygen atoms in total. The summed E-state index contributed by atoms with van der Waals surface area (Å²) >= 11 is 0. The molecule has 0 aliphatic carbocycles. The molecular weight excluding hydrogens is 330 g/mol. The van der Waals surface area contributed by atoms with Crippen molar-refractivity contribution in [1.29, 1.82) is 0 Å². The first-order valence-corrected chi connectivity index (χ1v) is 8.88. The van der Waals surface area contributed by atoms with Crippen LogP contribution in [0.5, 0.6) is 0 Å². The molecule has 1 aromatic carbocycles. The number of hydrogen-bond acceptors (Lipinski definition) is 4. The van der Waals surface area contributed by atoms with Crippen LogP contribution in [0.1, 0.15) is 29.2 Å². The first-order chi connectivity index (χ1) is 12.6. The number of likely N-dealkylation sites (tertiary alicyclic amines) is 1. The lowest BCUT2D eigenvalue weighted by molar-refractivity contribution is 0.0676. The first-order valence-electron chi connectivity index (χ1n) is 8.88. The average Bonchev–Trinajstić information content (AvgIpc) is 2.98. The van der Waals surface area contributed by atoms with Crippen molar-refractivity contribution in [1.82, 2.24) is 24.6 Å². The number of carbonyl (C=O) groups is 1. The number of nitrogens with one attached hydrogen (secondary N) is 1. The van der Waals surface area contributed by atoms with Gasteiger partial charge in [-0.1, -0.05) is 12.1 Å². The lowest BCUT2D eigenvalue weighted by atomic mass is 9.96. The second kappa shape index (κ2) is 6.74. The first kappa shape index (κ1) is 16.5. The van der Waals surface area contributed by atoms with Gasteiger partial charge in [-0.2, -0.15) is 5.10 Å². The van der Waals surface area contributed by atoms with Gasteiger partial charge < -0.3 is 9.47 Å². The predicted molar refractivity (Wildman–Crippen MR) is 98.0 cm³/mol. The number of H-pyrrole nitrogens is 1. The SMILES string of the molecule is Cc1nc2ccccc2n1CC1CCN(C(=O)c2ccc(=O)[nH]n2)CC1. The van der Waals surface area contributed by atoms with Crippen molar-refractivity contribution in [3.8, 4) is 0 Å². The van der Waals surface area contributed by atoms with Crippen LogP contribution < -0.4 is 5.56 Å². The van der Waals surface area contributed by atoms with Gasteiger partial charge >= 0.3 is 0 Å². The number of piperidine rings is 1. The Balaban J connectivity index is 1.42. The lowest BCUT2D eigenvalue weighted by Crippen LogP contribution is -2.40. The zero-order chi connectivity index (χ0) is 18.1. The Morgan fingerprint density at radius 2 is 1.96 bits per heavy atom. The highest BCUT2D eigenvalue weighted by molar-refractivity contribution is 5.92. The summed E-state index contributed by atoms with van der Waals surface area (Å²) in [4.78, 5) is 30.0. The zero-order valence-corrected chi connectivity index (χ0v) is 14.7. The minimum Gasteiger partial charge on any atom is -0.337 e. The van der Waals surface area contributed by atoms with Crippen LogP contribution >= 0.6 is 0 Å². The van der Waals surface area contributed by atoms with Gasteiger partial charge in [0, 0.05) is 25.7 Å². The molecule has 7 heteroatoms. The molecule has 4 rings (SSSR count). The Kier molecular flexibility index (Phi) is 4.28. The van der Waals surface area contributed by atoms with E-state index in [1.807, 2.05) is 30.0 Å². The number of fused-ring (bicyclic) bond motifs is 1. The standard InChI is InChI=1S/C19H21N5O2/c1-13-20-15-4-2-3-5-17(15)24(13)12-14-8-10-23(11-9-14)19(26)16-6-7-18(25)22-21-16/h2-7,14H,8-12H2,1H3,(H,22,25). The summed E-state index contributed by atoms with van der Waals surface area (Å²) in [6, 6.07) is 11.0. The molecule has 0 unspecified atom stereocenters. The minimum absolute atomic E-state index is 0.121. The van der Waals surface area contributed by atoms with E-state index in [-0.39, 0.29) is 11.5 Å². The van der Waals surface area contributed by atoms with Gasteiger partial charge in [0.25, 0.3) is 11.5 Å². The van der Waals surface area contributed by atoms with E-state index in [2.05, 4.69) is 25.8 Å². The van der Waals surface area contributed by atoms with Gasteiger partial charge in [0.15, 0.2) is 0 Å². The fourth-order valence-electron chi connectivity index (χ4n) is 3.63. The number of para-hydroxylation sites is 2. The summed E-state index contributed by atoms with van der Waals surface area (Å²) in [5, 5.41) is 6.16. The van der Waals surface area contributed by atoms with E-state index in [1.165, 1.54) is 17.6 Å². The van der Waals surface area contributed by atoms with Crippen molar-refractivity contribution in [2.24, 2.45) is 5.92 Å². The third kappa shape index (κ3) is 3.12. The average molecular weight is 351 g/mol. The maximum Gasteiger partial charge on any atom is 0.274 e. The normalized spacial score (nSPS) is 15.5.